The molecule has 0 radical (unpaired) electrons. The number of Topliss-reactive ketones (excluding diaryl/α,β-unsaturated/α-hetero) is 1. The number of hydrogen-bond acceptors (Lipinski definition) is 3. The normalized spacial score (nSPS) is 23.7. The van der Waals surface area contributed by atoms with Gasteiger partial charge in [-0.15, -0.1) is 0 Å². The van der Waals surface area contributed by atoms with Gasteiger partial charge < -0.3 is 14.6 Å². The number of morpholine rings is 1. The summed E-state index contributed by atoms with van der Waals surface area (Å²) in [7, 11) is 0. The fourth-order valence-corrected chi connectivity index (χ4v) is 3.76. The molecule has 2 aliphatic rings. The van der Waals surface area contributed by atoms with E-state index in [1.165, 1.54) is 0 Å². The van der Waals surface area contributed by atoms with E-state index in [-0.39, 0.29) is 23.2 Å². The Kier molecular flexibility index (Phi) is 4.08. The number of ether oxygens (including phenoxy) is 1. The molecule has 3 rings (SSSR count). The molecule has 126 valence electrons. The summed E-state index contributed by atoms with van der Waals surface area (Å²) in [6.45, 7) is 9.96. The number of amides is 1. The minimum Gasteiger partial charge on any atom is -0.375 e. The molecule has 2 heterocycles. The molecule has 1 saturated heterocycles. The number of carbonyl (C=O) groups is 2. The Morgan fingerprint density at radius 1 is 1.39 bits per heavy atom. The minimum atomic E-state index is -0.0477. The second-order valence-corrected chi connectivity index (χ2v) is 7.57. The predicted octanol–water partition coefficient (Wildman–Crippen LogP) is 2.73. The quantitative estimate of drug-likeness (QED) is 0.912. The van der Waals surface area contributed by atoms with Gasteiger partial charge in [0.15, 0.2) is 5.78 Å². The summed E-state index contributed by atoms with van der Waals surface area (Å²) in [5.41, 5.74) is 3.01. The molecule has 1 amide bonds. The molecule has 0 aromatic carbocycles. The number of nitrogens with zero attached hydrogens (tertiary/aromatic N) is 1. The lowest BCUT2D eigenvalue weighted by atomic mass is 9.75. The van der Waals surface area contributed by atoms with Crippen LogP contribution in [0.5, 0.6) is 0 Å². The summed E-state index contributed by atoms with van der Waals surface area (Å²) in [6.07, 6.45) is 2.36. The third kappa shape index (κ3) is 2.94. The van der Waals surface area contributed by atoms with Gasteiger partial charge in [0.2, 0.25) is 0 Å². The van der Waals surface area contributed by atoms with Crippen molar-refractivity contribution in [3.8, 4) is 0 Å². The van der Waals surface area contributed by atoms with Crippen molar-refractivity contribution in [1.29, 1.82) is 0 Å². The average Bonchev–Trinajstić information content (AvgIpc) is 2.82. The molecule has 0 saturated carbocycles. The van der Waals surface area contributed by atoms with E-state index in [4.69, 9.17) is 4.74 Å². The van der Waals surface area contributed by atoms with Gasteiger partial charge in [-0.1, -0.05) is 20.8 Å². The minimum absolute atomic E-state index is 0.00995. The van der Waals surface area contributed by atoms with Crippen LogP contribution < -0.4 is 0 Å². The second-order valence-electron chi connectivity index (χ2n) is 7.57. The molecule has 1 aliphatic heterocycles. The van der Waals surface area contributed by atoms with E-state index in [2.05, 4.69) is 25.8 Å². The van der Waals surface area contributed by atoms with E-state index in [0.29, 0.717) is 31.8 Å². The third-order valence-electron chi connectivity index (χ3n) is 5.00. The Hall–Kier alpha value is -1.62. The first-order valence-electron chi connectivity index (χ1n) is 8.48. The van der Waals surface area contributed by atoms with E-state index in [1.54, 1.807) is 0 Å². The molecule has 1 aromatic heterocycles. The van der Waals surface area contributed by atoms with Gasteiger partial charge in [0.05, 0.1) is 12.7 Å². The average molecular weight is 318 g/mol. The summed E-state index contributed by atoms with van der Waals surface area (Å²) in [5, 5.41) is 0. The molecule has 1 atom stereocenters. The molecule has 0 unspecified atom stereocenters. The van der Waals surface area contributed by atoms with Crippen LogP contribution in [0.4, 0.5) is 0 Å². The van der Waals surface area contributed by atoms with Gasteiger partial charge in [0, 0.05) is 30.8 Å². The molecular formula is C18H26N2O3. The van der Waals surface area contributed by atoms with Crippen molar-refractivity contribution in [3.05, 3.63) is 22.5 Å². The third-order valence-corrected chi connectivity index (χ3v) is 5.00. The van der Waals surface area contributed by atoms with E-state index in [0.717, 1.165) is 29.7 Å². The smallest absolute Gasteiger partial charge is 0.270 e. The van der Waals surface area contributed by atoms with Crippen LogP contribution in [0.2, 0.25) is 0 Å². The lowest BCUT2D eigenvalue weighted by Gasteiger charge is -2.32. The van der Waals surface area contributed by atoms with Crippen molar-refractivity contribution in [2.45, 2.75) is 53.1 Å². The molecule has 5 nitrogen and oxygen atoms in total. The Labute approximate surface area is 137 Å². The van der Waals surface area contributed by atoms with Gasteiger partial charge in [-0.3, -0.25) is 9.59 Å². The maximum absolute atomic E-state index is 12.9. The van der Waals surface area contributed by atoms with Crippen LogP contribution in [0.15, 0.2) is 0 Å². The van der Waals surface area contributed by atoms with Gasteiger partial charge in [0.25, 0.3) is 5.91 Å². The number of ketones is 1. The monoisotopic (exact) mass is 318 g/mol. The summed E-state index contributed by atoms with van der Waals surface area (Å²) >= 11 is 0. The standard InChI is InChI=1S/C18H26N2O3/c1-5-12-10-20(6-7-23-12)17(22)16-11(2)15-13(19-16)8-18(3,4)9-14(15)21/h12,19H,5-10H2,1-4H3/t12-/m1/s1. The van der Waals surface area contributed by atoms with Crippen LogP contribution in [0, 0.1) is 12.3 Å². The first kappa shape index (κ1) is 16.2. The van der Waals surface area contributed by atoms with Crippen LogP contribution >= 0.6 is 0 Å². The topological polar surface area (TPSA) is 62.4 Å². The molecule has 23 heavy (non-hydrogen) atoms. The van der Waals surface area contributed by atoms with Crippen molar-refractivity contribution in [3.63, 3.8) is 0 Å². The molecule has 1 N–H and O–H groups in total. The fourth-order valence-electron chi connectivity index (χ4n) is 3.76. The highest BCUT2D eigenvalue weighted by Gasteiger charge is 2.36. The van der Waals surface area contributed by atoms with Crippen LogP contribution in [0.1, 0.15) is 65.7 Å². The summed E-state index contributed by atoms with van der Waals surface area (Å²) < 4.78 is 5.64. The Morgan fingerprint density at radius 3 is 2.83 bits per heavy atom. The SMILES string of the molecule is CC[C@@H]1CN(C(=O)c2[nH]c3c(c2C)C(=O)CC(C)(C)C3)CCO1. The zero-order valence-electron chi connectivity index (χ0n) is 14.5. The summed E-state index contributed by atoms with van der Waals surface area (Å²) in [5.74, 6) is 0.140. The Bertz CT molecular complexity index is 645. The first-order valence-corrected chi connectivity index (χ1v) is 8.48. The second kappa shape index (κ2) is 5.78. The van der Waals surface area contributed by atoms with E-state index in [1.807, 2.05) is 11.8 Å². The Morgan fingerprint density at radius 2 is 2.13 bits per heavy atom. The van der Waals surface area contributed by atoms with Gasteiger partial charge in [0.1, 0.15) is 5.69 Å². The highest BCUT2D eigenvalue weighted by atomic mass is 16.5. The lowest BCUT2D eigenvalue weighted by molar-refractivity contribution is -0.0228. The molecule has 1 fully saturated rings. The highest BCUT2D eigenvalue weighted by molar-refractivity contribution is 6.04. The summed E-state index contributed by atoms with van der Waals surface area (Å²) in [6, 6.07) is 0. The number of carbonyl (C=O) groups excluding carboxylic acids is 2. The summed E-state index contributed by atoms with van der Waals surface area (Å²) in [4.78, 5) is 30.5. The molecule has 5 heteroatoms. The first-order chi connectivity index (χ1) is 10.8. The number of rotatable bonds is 2. The fraction of sp³-hybridized carbons (Fsp3) is 0.667. The lowest BCUT2D eigenvalue weighted by Crippen LogP contribution is -2.45. The van der Waals surface area contributed by atoms with Crippen molar-refractivity contribution in [2.24, 2.45) is 5.41 Å². The molecular weight excluding hydrogens is 292 g/mol. The maximum atomic E-state index is 12.9. The van der Waals surface area contributed by atoms with Crippen molar-refractivity contribution >= 4 is 11.7 Å². The van der Waals surface area contributed by atoms with Crippen molar-refractivity contribution in [2.75, 3.05) is 19.7 Å². The Balaban J connectivity index is 1.90. The number of aromatic amines is 1. The number of nitrogens with one attached hydrogen (secondary N) is 1. The highest BCUT2D eigenvalue weighted by Crippen LogP contribution is 2.37. The molecule has 0 spiro atoms. The molecule has 1 aromatic rings. The number of hydrogen-bond donors (Lipinski definition) is 1. The van der Waals surface area contributed by atoms with Crippen LogP contribution in [0.3, 0.4) is 0 Å². The van der Waals surface area contributed by atoms with Gasteiger partial charge in [-0.05, 0) is 30.7 Å². The molecule has 0 bridgehead atoms. The largest absolute Gasteiger partial charge is 0.375 e. The van der Waals surface area contributed by atoms with Crippen molar-refractivity contribution < 1.29 is 14.3 Å². The maximum Gasteiger partial charge on any atom is 0.270 e. The van der Waals surface area contributed by atoms with E-state index < -0.39 is 0 Å². The van der Waals surface area contributed by atoms with E-state index >= 15 is 0 Å². The van der Waals surface area contributed by atoms with Gasteiger partial charge >= 0.3 is 0 Å². The molecule has 1 aliphatic carbocycles. The van der Waals surface area contributed by atoms with E-state index in [9.17, 15) is 9.59 Å². The number of H-pyrrole nitrogens is 1. The van der Waals surface area contributed by atoms with Crippen LogP contribution in [-0.2, 0) is 11.2 Å². The van der Waals surface area contributed by atoms with Crippen LogP contribution in [0.25, 0.3) is 0 Å². The van der Waals surface area contributed by atoms with Gasteiger partial charge in [-0.2, -0.15) is 0 Å². The number of fused-ring (bicyclic) bond motifs is 1. The number of aromatic nitrogens is 1. The zero-order chi connectivity index (χ0) is 16.8. The predicted molar refractivity (Wildman–Crippen MR) is 87.9 cm³/mol. The van der Waals surface area contributed by atoms with Crippen molar-refractivity contribution in [1.82, 2.24) is 9.88 Å². The zero-order valence-corrected chi connectivity index (χ0v) is 14.5. The van der Waals surface area contributed by atoms with Crippen LogP contribution in [-0.4, -0.2) is 47.4 Å². The van der Waals surface area contributed by atoms with Gasteiger partial charge in [-0.25, -0.2) is 0 Å².